The number of hydrogen-bond donors (Lipinski definition) is 0. The van der Waals surface area contributed by atoms with E-state index in [1.807, 2.05) is 36.4 Å². The van der Waals surface area contributed by atoms with Gasteiger partial charge in [0.15, 0.2) is 11.5 Å². The quantitative estimate of drug-likeness (QED) is 0.458. The van der Waals surface area contributed by atoms with Crippen molar-refractivity contribution in [3.8, 4) is 23.0 Å². The normalized spacial score (nSPS) is 10.5. The zero-order chi connectivity index (χ0) is 17.5. The monoisotopic (exact) mass is 328 g/mol. The molecular weight excluding hydrogens is 308 g/mol. The minimum absolute atomic E-state index is 0.337. The number of rotatable bonds is 6. The van der Waals surface area contributed by atoms with Gasteiger partial charge in [-0.1, -0.05) is 24.3 Å². The molecule has 0 spiro atoms. The van der Waals surface area contributed by atoms with Gasteiger partial charge in [0, 0.05) is 6.92 Å². The molecule has 5 heteroatoms. The number of esters is 1. The predicted octanol–water partition coefficient (Wildman–Crippen LogP) is 3.81. The molecule has 0 unspecified atom stereocenters. The topological polar surface area (TPSA) is 54.0 Å². The molecule has 126 valence electrons. The summed E-state index contributed by atoms with van der Waals surface area (Å²) in [5, 5.41) is 0. The van der Waals surface area contributed by atoms with Crippen LogP contribution in [-0.2, 0) is 4.79 Å². The van der Waals surface area contributed by atoms with E-state index in [2.05, 4.69) is 0 Å². The summed E-state index contributed by atoms with van der Waals surface area (Å²) < 4.78 is 21.0. The van der Waals surface area contributed by atoms with Crippen LogP contribution in [0.4, 0.5) is 0 Å². The molecule has 0 bridgehead atoms. The molecule has 0 amide bonds. The van der Waals surface area contributed by atoms with E-state index in [0.717, 1.165) is 11.1 Å². The van der Waals surface area contributed by atoms with Gasteiger partial charge < -0.3 is 18.9 Å². The molecule has 0 aliphatic carbocycles. The van der Waals surface area contributed by atoms with Crippen LogP contribution in [0, 0.1) is 0 Å². The zero-order valence-corrected chi connectivity index (χ0v) is 14.2. The molecule has 0 aliphatic rings. The van der Waals surface area contributed by atoms with Crippen molar-refractivity contribution in [3.05, 3.63) is 47.5 Å². The molecule has 0 atom stereocenters. The lowest BCUT2D eigenvalue weighted by molar-refractivity contribution is -0.131. The first kappa shape index (κ1) is 17.4. The molecule has 0 heterocycles. The summed E-state index contributed by atoms with van der Waals surface area (Å²) in [4.78, 5) is 10.9. The zero-order valence-electron chi connectivity index (χ0n) is 14.2. The fourth-order valence-corrected chi connectivity index (χ4v) is 2.20. The first-order chi connectivity index (χ1) is 11.6. The Morgan fingerprint density at radius 1 is 0.833 bits per heavy atom. The van der Waals surface area contributed by atoms with Crippen LogP contribution in [0.1, 0.15) is 18.1 Å². The fraction of sp³-hybridized carbons (Fsp3) is 0.211. The molecule has 5 nitrogen and oxygen atoms in total. The smallest absolute Gasteiger partial charge is 0.308 e. The number of carbonyl (C=O) groups is 1. The third-order valence-electron chi connectivity index (χ3n) is 3.30. The van der Waals surface area contributed by atoms with Crippen LogP contribution in [0.3, 0.4) is 0 Å². The van der Waals surface area contributed by atoms with Crippen molar-refractivity contribution in [1.29, 1.82) is 0 Å². The lowest BCUT2D eigenvalue weighted by Crippen LogP contribution is -2.00. The van der Waals surface area contributed by atoms with Crippen LogP contribution in [0.5, 0.6) is 23.0 Å². The molecule has 2 rings (SSSR count). The first-order valence-electron chi connectivity index (χ1n) is 7.34. The third kappa shape index (κ3) is 4.29. The number of hydrogen-bond acceptors (Lipinski definition) is 5. The van der Waals surface area contributed by atoms with Gasteiger partial charge in [0.2, 0.25) is 5.75 Å². The SMILES string of the molecule is COc1cc(C=Cc2ccc(OC(C)=O)cc2)cc(OC)c1OC. The van der Waals surface area contributed by atoms with Crippen LogP contribution in [-0.4, -0.2) is 27.3 Å². The van der Waals surface area contributed by atoms with Crippen molar-refractivity contribution in [2.45, 2.75) is 6.92 Å². The Bertz CT molecular complexity index is 707. The van der Waals surface area contributed by atoms with Gasteiger partial charge in [-0.05, 0) is 35.4 Å². The Morgan fingerprint density at radius 3 is 1.83 bits per heavy atom. The highest BCUT2D eigenvalue weighted by atomic mass is 16.5. The standard InChI is InChI=1S/C19H20O5/c1-13(20)24-16-9-7-14(8-10-16)5-6-15-11-17(21-2)19(23-4)18(12-15)22-3/h5-12H,1-4H3. The van der Waals surface area contributed by atoms with Gasteiger partial charge in [-0.3, -0.25) is 4.79 Å². The maximum Gasteiger partial charge on any atom is 0.308 e. The van der Waals surface area contributed by atoms with Crippen LogP contribution in [0.15, 0.2) is 36.4 Å². The highest BCUT2D eigenvalue weighted by molar-refractivity contribution is 5.73. The second kappa shape index (κ2) is 8.06. The maximum absolute atomic E-state index is 10.9. The molecule has 0 saturated heterocycles. The van der Waals surface area contributed by atoms with Gasteiger partial charge in [-0.2, -0.15) is 0 Å². The summed E-state index contributed by atoms with van der Waals surface area (Å²) in [6.07, 6.45) is 3.88. The first-order valence-corrected chi connectivity index (χ1v) is 7.34. The number of carbonyl (C=O) groups excluding carboxylic acids is 1. The average Bonchev–Trinajstić information content (AvgIpc) is 2.59. The van der Waals surface area contributed by atoms with E-state index in [1.165, 1.54) is 6.92 Å². The molecule has 0 N–H and O–H groups in total. The minimum Gasteiger partial charge on any atom is -0.493 e. The predicted molar refractivity (Wildman–Crippen MR) is 92.8 cm³/mol. The Labute approximate surface area is 141 Å². The van der Waals surface area contributed by atoms with E-state index in [1.54, 1.807) is 33.5 Å². The van der Waals surface area contributed by atoms with Gasteiger partial charge in [0.25, 0.3) is 0 Å². The highest BCUT2D eigenvalue weighted by Crippen LogP contribution is 2.38. The molecule has 0 aliphatic heterocycles. The van der Waals surface area contributed by atoms with Crippen molar-refractivity contribution in [2.24, 2.45) is 0 Å². The molecule has 24 heavy (non-hydrogen) atoms. The van der Waals surface area contributed by atoms with Crippen LogP contribution in [0.25, 0.3) is 12.2 Å². The second-order valence-corrected chi connectivity index (χ2v) is 4.95. The summed E-state index contributed by atoms with van der Waals surface area (Å²) in [5.74, 6) is 1.94. The van der Waals surface area contributed by atoms with Crippen molar-refractivity contribution < 1.29 is 23.7 Å². The molecule has 0 aromatic heterocycles. The molecule has 0 fully saturated rings. The molecule has 0 radical (unpaired) electrons. The van der Waals surface area contributed by atoms with E-state index in [4.69, 9.17) is 18.9 Å². The lowest BCUT2D eigenvalue weighted by Gasteiger charge is -2.12. The molecular formula is C19H20O5. The van der Waals surface area contributed by atoms with Gasteiger partial charge in [-0.25, -0.2) is 0 Å². The van der Waals surface area contributed by atoms with E-state index in [9.17, 15) is 4.79 Å². The summed E-state index contributed by atoms with van der Waals surface area (Å²) >= 11 is 0. The molecule has 2 aromatic rings. The summed E-state index contributed by atoms with van der Waals surface area (Å²) in [6.45, 7) is 1.37. The third-order valence-corrected chi connectivity index (χ3v) is 3.30. The van der Waals surface area contributed by atoms with Gasteiger partial charge >= 0.3 is 5.97 Å². The van der Waals surface area contributed by atoms with Crippen LogP contribution >= 0.6 is 0 Å². The van der Waals surface area contributed by atoms with E-state index < -0.39 is 0 Å². The van der Waals surface area contributed by atoms with Crippen molar-refractivity contribution in [2.75, 3.05) is 21.3 Å². The van der Waals surface area contributed by atoms with Crippen LogP contribution < -0.4 is 18.9 Å². The van der Waals surface area contributed by atoms with Gasteiger partial charge in [0.1, 0.15) is 5.75 Å². The molecule has 2 aromatic carbocycles. The minimum atomic E-state index is -0.337. The second-order valence-electron chi connectivity index (χ2n) is 4.95. The van der Waals surface area contributed by atoms with E-state index in [0.29, 0.717) is 23.0 Å². The van der Waals surface area contributed by atoms with Crippen LogP contribution in [0.2, 0.25) is 0 Å². The maximum atomic E-state index is 10.9. The lowest BCUT2D eigenvalue weighted by atomic mass is 10.1. The van der Waals surface area contributed by atoms with Gasteiger partial charge in [-0.15, -0.1) is 0 Å². The fourth-order valence-electron chi connectivity index (χ4n) is 2.20. The molecule has 0 saturated carbocycles. The van der Waals surface area contributed by atoms with E-state index in [-0.39, 0.29) is 5.97 Å². The number of ether oxygens (including phenoxy) is 4. The summed E-state index contributed by atoms with van der Waals surface area (Å²) in [7, 11) is 4.73. The van der Waals surface area contributed by atoms with Crippen molar-refractivity contribution >= 4 is 18.1 Å². The van der Waals surface area contributed by atoms with E-state index >= 15 is 0 Å². The Kier molecular flexibility index (Phi) is 5.84. The summed E-state index contributed by atoms with van der Waals surface area (Å²) in [5.41, 5.74) is 1.88. The Morgan fingerprint density at radius 2 is 1.38 bits per heavy atom. The van der Waals surface area contributed by atoms with Crippen molar-refractivity contribution in [3.63, 3.8) is 0 Å². The average molecular weight is 328 g/mol. The Hall–Kier alpha value is -2.95. The largest absolute Gasteiger partial charge is 0.493 e. The van der Waals surface area contributed by atoms with Gasteiger partial charge in [0.05, 0.1) is 21.3 Å². The number of benzene rings is 2. The number of methoxy groups -OCH3 is 3. The highest BCUT2D eigenvalue weighted by Gasteiger charge is 2.11. The Balaban J connectivity index is 2.23. The summed E-state index contributed by atoms with van der Waals surface area (Å²) in [6, 6.07) is 11.0. The van der Waals surface area contributed by atoms with Crippen molar-refractivity contribution in [1.82, 2.24) is 0 Å².